The van der Waals surface area contributed by atoms with Crippen LogP contribution in [0.2, 0.25) is 0 Å². The van der Waals surface area contributed by atoms with Crippen LogP contribution in [0, 0.1) is 6.92 Å². The average molecular weight is 192 g/mol. The summed E-state index contributed by atoms with van der Waals surface area (Å²) in [6, 6.07) is 1.76. The third-order valence-corrected chi connectivity index (χ3v) is 1.84. The van der Waals surface area contributed by atoms with Gasteiger partial charge in [0, 0.05) is 12.4 Å². The van der Waals surface area contributed by atoms with Gasteiger partial charge in [-0.2, -0.15) is 0 Å². The van der Waals surface area contributed by atoms with Gasteiger partial charge in [0.2, 0.25) is 11.7 Å². The van der Waals surface area contributed by atoms with E-state index in [-0.39, 0.29) is 5.76 Å². The standard InChI is InChI=1S/C9H8N2O3/c1-5-7(9(12)13)14-8(11-5)6-2-3-10-4-6/h2-4,10H,1H3,(H,12,13). The molecule has 0 radical (unpaired) electrons. The third-order valence-electron chi connectivity index (χ3n) is 1.84. The Balaban J connectivity index is 2.48. The molecular weight excluding hydrogens is 184 g/mol. The van der Waals surface area contributed by atoms with Gasteiger partial charge < -0.3 is 14.5 Å². The van der Waals surface area contributed by atoms with Crippen LogP contribution < -0.4 is 0 Å². The first-order valence-electron chi connectivity index (χ1n) is 4.02. The molecule has 0 aliphatic carbocycles. The van der Waals surface area contributed by atoms with Gasteiger partial charge in [-0.15, -0.1) is 0 Å². The molecule has 2 aromatic heterocycles. The Morgan fingerprint density at radius 2 is 2.43 bits per heavy atom. The number of H-pyrrole nitrogens is 1. The van der Waals surface area contributed by atoms with Crippen LogP contribution in [0.1, 0.15) is 16.2 Å². The van der Waals surface area contributed by atoms with Gasteiger partial charge in [0.15, 0.2) is 0 Å². The Kier molecular flexibility index (Phi) is 1.85. The predicted molar refractivity (Wildman–Crippen MR) is 48.0 cm³/mol. The maximum absolute atomic E-state index is 10.7. The quantitative estimate of drug-likeness (QED) is 0.758. The number of rotatable bonds is 2. The molecule has 0 saturated heterocycles. The Morgan fingerprint density at radius 3 is 2.93 bits per heavy atom. The molecule has 0 atom stereocenters. The normalized spacial score (nSPS) is 10.4. The van der Waals surface area contributed by atoms with Gasteiger partial charge in [0.1, 0.15) is 0 Å². The second kappa shape index (κ2) is 3.02. The summed E-state index contributed by atoms with van der Waals surface area (Å²) in [5.74, 6) is -0.890. The van der Waals surface area contributed by atoms with Crippen LogP contribution in [-0.4, -0.2) is 21.0 Å². The summed E-state index contributed by atoms with van der Waals surface area (Å²) in [6.45, 7) is 1.60. The van der Waals surface area contributed by atoms with Crippen molar-refractivity contribution in [1.82, 2.24) is 9.97 Å². The van der Waals surface area contributed by atoms with Crippen molar-refractivity contribution in [1.29, 1.82) is 0 Å². The molecule has 5 nitrogen and oxygen atoms in total. The zero-order valence-electron chi connectivity index (χ0n) is 7.44. The van der Waals surface area contributed by atoms with Crippen molar-refractivity contribution in [3.8, 4) is 11.5 Å². The van der Waals surface area contributed by atoms with E-state index in [1.54, 1.807) is 25.4 Å². The van der Waals surface area contributed by atoms with Crippen molar-refractivity contribution >= 4 is 5.97 Å². The molecule has 0 aliphatic rings. The molecule has 0 aromatic carbocycles. The molecule has 0 saturated carbocycles. The SMILES string of the molecule is Cc1nc(-c2cc[nH]c2)oc1C(=O)O. The molecule has 0 fully saturated rings. The summed E-state index contributed by atoms with van der Waals surface area (Å²) < 4.78 is 5.09. The van der Waals surface area contributed by atoms with E-state index < -0.39 is 5.97 Å². The number of nitrogens with zero attached hydrogens (tertiary/aromatic N) is 1. The van der Waals surface area contributed by atoms with Gasteiger partial charge in [-0.1, -0.05) is 0 Å². The Morgan fingerprint density at radius 1 is 1.64 bits per heavy atom. The molecule has 0 bridgehead atoms. The highest BCUT2D eigenvalue weighted by atomic mass is 16.4. The number of aromatic carboxylic acids is 1. The van der Waals surface area contributed by atoms with Gasteiger partial charge in [-0.25, -0.2) is 9.78 Å². The molecule has 72 valence electrons. The van der Waals surface area contributed by atoms with E-state index in [9.17, 15) is 4.79 Å². The van der Waals surface area contributed by atoms with Gasteiger partial charge in [-0.3, -0.25) is 0 Å². The number of nitrogens with one attached hydrogen (secondary N) is 1. The molecule has 2 aromatic rings. The van der Waals surface area contributed by atoms with Crippen molar-refractivity contribution in [2.75, 3.05) is 0 Å². The second-order valence-electron chi connectivity index (χ2n) is 2.84. The lowest BCUT2D eigenvalue weighted by Gasteiger charge is -1.86. The van der Waals surface area contributed by atoms with Crippen LogP contribution in [0.4, 0.5) is 0 Å². The van der Waals surface area contributed by atoms with E-state index >= 15 is 0 Å². The third kappa shape index (κ3) is 1.28. The van der Waals surface area contributed by atoms with Crippen LogP contribution in [0.3, 0.4) is 0 Å². The molecular formula is C9H8N2O3. The smallest absolute Gasteiger partial charge is 0.373 e. The molecule has 0 spiro atoms. The van der Waals surface area contributed by atoms with Crippen LogP contribution in [0.15, 0.2) is 22.9 Å². The molecule has 5 heteroatoms. The van der Waals surface area contributed by atoms with E-state index in [0.29, 0.717) is 11.6 Å². The number of aryl methyl sites for hydroxylation is 1. The van der Waals surface area contributed by atoms with Crippen molar-refractivity contribution in [3.05, 3.63) is 29.9 Å². The molecule has 2 heterocycles. The fraction of sp³-hybridized carbons (Fsp3) is 0.111. The first-order chi connectivity index (χ1) is 6.68. The molecule has 0 aliphatic heterocycles. The van der Waals surface area contributed by atoms with Gasteiger partial charge in [-0.05, 0) is 13.0 Å². The Bertz CT molecular complexity index is 456. The largest absolute Gasteiger partial charge is 0.475 e. The summed E-state index contributed by atoms with van der Waals surface area (Å²) >= 11 is 0. The van der Waals surface area contributed by atoms with E-state index in [2.05, 4.69) is 9.97 Å². The molecule has 0 unspecified atom stereocenters. The maximum Gasteiger partial charge on any atom is 0.373 e. The van der Waals surface area contributed by atoms with Crippen molar-refractivity contribution in [2.24, 2.45) is 0 Å². The number of carboxylic acid groups (broad SMARTS) is 1. The fourth-order valence-corrected chi connectivity index (χ4v) is 1.18. The van der Waals surface area contributed by atoms with E-state index in [1.165, 1.54) is 0 Å². The van der Waals surface area contributed by atoms with Crippen LogP contribution in [0.5, 0.6) is 0 Å². The minimum Gasteiger partial charge on any atom is -0.475 e. The summed E-state index contributed by atoms with van der Waals surface area (Å²) in [6.07, 6.45) is 3.41. The number of oxazole rings is 1. The number of hydrogen-bond donors (Lipinski definition) is 2. The van der Waals surface area contributed by atoms with Crippen molar-refractivity contribution in [3.63, 3.8) is 0 Å². The summed E-state index contributed by atoms with van der Waals surface area (Å²) in [4.78, 5) is 17.5. The van der Waals surface area contributed by atoms with Crippen LogP contribution in [0.25, 0.3) is 11.5 Å². The highest BCUT2D eigenvalue weighted by molar-refractivity contribution is 5.86. The number of carboxylic acids is 1. The zero-order chi connectivity index (χ0) is 10.1. The highest BCUT2D eigenvalue weighted by Gasteiger charge is 2.16. The zero-order valence-corrected chi connectivity index (χ0v) is 7.44. The van der Waals surface area contributed by atoms with Gasteiger partial charge >= 0.3 is 5.97 Å². The minimum atomic E-state index is -1.10. The first kappa shape index (κ1) is 8.55. The number of hydrogen-bond acceptors (Lipinski definition) is 3. The highest BCUT2D eigenvalue weighted by Crippen LogP contribution is 2.20. The fourth-order valence-electron chi connectivity index (χ4n) is 1.18. The number of aromatic amines is 1. The minimum absolute atomic E-state index is 0.110. The van der Waals surface area contributed by atoms with E-state index in [0.717, 1.165) is 5.56 Å². The van der Waals surface area contributed by atoms with E-state index in [4.69, 9.17) is 9.52 Å². The first-order valence-corrected chi connectivity index (χ1v) is 4.02. The summed E-state index contributed by atoms with van der Waals surface area (Å²) in [5.41, 5.74) is 1.12. The predicted octanol–water partition coefficient (Wildman–Crippen LogP) is 1.68. The monoisotopic (exact) mass is 192 g/mol. The topological polar surface area (TPSA) is 79.1 Å². The van der Waals surface area contributed by atoms with E-state index in [1.807, 2.05) is 0 Å². The lowest BCUT2D eigenvalue weighted by molar-refractivity contribution is 0.0662. The van der Waals surface area contributed by atoms with Crippen molar-refractivity contribution < 1.29 is 14.3 Å². The van der Waals surface area contributed by atoms with Crippen LogP contribution >= 0.6 is 0 Å². The molecule has 2 rings (SSSR count). The Labute approximate surface area is 79.4 Å². The molecule has 14 heavy (non-hydrogen) atoms. The lowest BCUT2D eigenvalue weighted by atomic mass is 10.3. The molecule has 2 N–H and O–H groups in total. The number of carbonyl (C=O) groups is 1. The Hall–Kier alpha value is -2.04. The van der Waals surface area contributed by atoms with Gasteiger partial charge in [0.25, 0.3) is 0 Å². The maximum atomic E-state index is 10.7. The van der Waals surface area contributed by atoms with Crippen molar-refractivity contribution in [2.45, 2.75) is 6.92 Å². The molecule has 0 amide bonds. The second-order valence-corrected chi connectivity index (χ2v) is 2.84. The lowest BCUT2D eigenvalue weighted by Crippen LogP contribution is -1.95. The number of aromatic nitrogens is 2. The summed E-state index contributed by atoms with van der Waals surface area (Å²) in [7, 11) is 0. The summed E-state index contributed by atoms with van der Waals surface area (Å²) in [5, 5.41) is 8.73. The average Bonchev–Trinajstić information content (AvgIpc) is 2.70. The van der Waals surface area contributed by atoms with Crippen LogP contribution in [-0.2, 0) is 0 Å². The van der Waals surface area contributed by atoms with Gasteiger partial charge in [0.05, 0.1) is 11.3 Å².